The molecule has 0 aliphatic heterocycles. The van der Waals surface area contributed by atoms with Crippen LogP contribution in [0.15, 0.2) is 0 Å². The van der Waals surface area contributed by atoms with Gasteiger partial charge < -0.3 is 15.2 Å². The van der Waals surface area contributed by atoms with E-state index in [-0.39, 0.29) is 0 Å². The fourth-order valence-electron chi connectivity index (χ4n) is 1.52. The summed E-state index contributed by atoms with van der Waals surface area (Å²) in [4.78, 5) is 0. The van der Waals surface area contributed by atoms with Crippen molar-refractivity contribution < 1.29 is 18.3 Å². The second kappa shape index (κ2) is 9.69. The number of hydrogen-bond donors (Lipinski definition) is 2. The van der Waals surface area contributed by atoms with Crippen LogP contribution in [-0.2, 0) is 14.8 Å². The molecule has 0 saturated heterocycles. The average molecular weight is 282 g/mol. The zero-order chi connectivity index (χ0) is 14.0. The zero-order valence-corrected chi connectivity index (χ0v) is 12.4. The lowest BCUT2D eigenvalue weighted by atomic mass is 10.3. The summed E-state index contributed by atoms with van der Waals surface area (Å²) in [6, 6.07) is 0. The number of aliphatic hydroxyl groups excluding tert-OH is 1. The normalized spacial score (nSPS) is 14.1. The van der Waals surface area contributed by atoms with Crippen molar-refractivity contribution in [2.75, 3.05) is 45.6 Å². The maximum Gasteiger partial charge on any atom is 0.211 e. The molecule has 2 N–H and O–H groups in total. The van der Waals surface area contributed by atoms with E-state index in [2.05, 4.69) is 5.32 Å². The molecule has 18 heavy (non-hydrogen) atoms. The van der Waals surface area contributed by atoms with Crippen LogP contribution in [0.4, 0.5) is 0 Å². The minimum Gasteiger partial charge on any atom is -0.389 e. The average Bonchev–Trinajstić information content (AvgIpc) is 2.29. The molecular formula is C11H26N2O4S. The molecular weight excluding hydrogens is 256 g/mol. The highest BCUT2D eigenvalue weighted by atomic mass is 32.2. The minimum absolute atomic E-state index is 0.327. The SMILES string of the molecule is CCOCC(O)CNCCCN(CC)S(C)(=O)=O. The van der Waals surface area contributed by atoms with Gasteiger partial charge in [0.2, 0.25) is 10.0 Å². The monoisotopic (exact) mass is 282 g/mol. The summed E-state index contributed by atoms with van der Waals surface area (Å²) in [5.41, 5.74) is 0. The van der Waals surface area contributed by atoms with Crippen LogP contribution in [0.1, 0.15) is 20.3 Å². The molecule has 0 bridgehead atoms. The highest BCUT2D eigenvalue weighted by molar-refractivity contribution is 7.88. The summed E-state index contributed by atoms with van der Waals surface area (Å²) < 4.78 is 29.1. The van der Waals surface area contributed by atoms with Crippen LogP contribution in [0.5, 0.6) is 0 Å². The molecule has 7 heteroatoms. The first kappa shape index (κ1) is 17.8. The Hall–Kier alpha value is -0.210. The molecule has 0 aliphatic carbocycles. The van der Waals surface area contributed by atoms with Crippen molar-refractivity contribution in [2.45, 2.75) is 26.4 Å². The van der Waals surface area contributed by atoms with E-state index in [0.29, 0.717) is 39.4 Å². The summed E-state index contributed by atoms with van der Waals surface area (Å²) in [5, 5.41) is 12.5. The van der Waals surface area contributed by atoms with Gasteiger partial charge >= 0.3 is 0 Å². The van der Waals surface area contributed by atoms with E-state index in [4.69, 9.17) is 4.74 Å². The lowest BCUT2D eigenvalue weighted by Crippen LogP contribution is -2.34. The number of hydrogen-bond acceptors (Lipinski definition) is 5. The van der Waals surface area contributed by atoms with Crippen molar-refractivity contribution in [1.82, 2.24) is 9.62 Å². The van der Waals surface area contributed by atoms with Crippen LogP contribution >= 0.6 is 0 Å². The first-order valence-corrected chi connectivity index (χ1v) is 8.18. The van der Waals surface area contributed by atoms with E-state index >= 15 is 0 Å². The minimum atomic E-state index is -3.09. The van der Waals surface area contributed by atoms with Crippen molar-refractivity contribution >= 4 is 10.0 Å². The van der Waals surface area contributed by atoms with Gasteiger partial charge in [0.15, 0.2) is 0 Å². The number of aliphatic hydroxyl groups is 1. The third kappa shape index (κ3) is 8.82. The molecule has 0 rings (SSSR count). The second-order valence-corrected chi connectivity index (χ2v) is 6.11. The van der Waals surface area contributed by atoms with Crippen molar-refractivity contribution in [3.63, 3.8) is 0 Å². The Bertz CT molecular complexity index is 295. The summed E-state index contributed by atoms with van der Waals surface area (Å²) in [6.07, 6.45) is 1.43. The third-order valence-corrected chi connectivity index (χ3v) is 3.86. The fraction of sp³-hybridized carbons (Fsp3) is 1.00. The standard InChI is InChI=1S/C11H26N2O4S/c1-4-13(18(3,15)16)8-6-7-12-9-11(14)10-17-5-2/h11-12,14H,4-10H2,1-3H3. The summed E-state index contributed by atoms with van der Waals surface area (Å²) in [6.45, 7) is 6.76. The van der Waals surface area contributed by atoms with Gasteiger partial charge in [0.25, 0.3) is 0 Å². The van der Waals surface area contributed by atoms with E-state index in [0.717, 1.165) is 6.42 Å². The molecule has 0 fully saturated rings. The van der Waals surface area contributed by atoms with Crippen molar-refractivity contribution in [2.24, 2.45) is 0 Å². The van der Waals surface area contributed by atoms with Crippen molar-refractivity contribution in [3.8, 4) is 0 Å². The van der Waals surface area contributed by atoms with Crippen LogP contribution in [0.2, 0.25) is 0 Å². The molecule has 0 aromatic heterocycles. The summed E-state index contributed by atoms with van der Waals surface area (Å²) in [7, 11) is -3.09. The molecule has 110 valence electrons. The molecule has 0 heterocycles. The van der Waals surface area contributed by atoms with Crippen LogP contribution in [0.25, 0.3) is 0 Å². The first-order chi connectivity index (χ1) is 8.41. The number of rotatable bonds is 11. The molecule has 1 unspecified atom stereocenters. The van der Waals surface area contributed by atoms with Gasteiger partial charge in [0, 0.05) is 26.2 Å². The predicted octanol–water partition coefficient (Wildman–Crippen LogP) is -0.355. The molecule has 0 aromatic rings. The zero-order valence-electron chi connectivity index (χ0n) is 11.6. The van der Waals surface area contributed by atoms with Gasteiger partial charge in [-0.25, -0.2) is 12.7 Å². The number of sulfonamides is 1. The summed E-state index contributed by atoms with van der Waals surface area (Å²) >= 11 is 0. The number of nitrogens with one attached hydrogen (secondary N) is 1. The van der Waals surface area contributed by atoms with Crippen molar-refractivity contribution in [3.05, 3.63) is 0 Å². The van der Waals surface area contributed by atoms with Crippen molar-refractivity contribution in [1.29, 1.82) is 0 Å². The Morgan fingerprint density at radius 3 is 2.56 bits per heavy atom. The van der Waals surface area contributed by atoms with Gasteiger partial charge in [-0.05, 0) is 19.9 Å². The maximum atomic E-state index is 11.3. The quantitative estimate of drug-likeness (QED) is 0.506. The van der Waals surface area contributed by atoms with Gasteiger partial charge in [-0.1, -0.05) is 6.92 Å². The highest BCUT2D eigenvalue weighted by Gasteiger charge is 2.13. The molecule has 0 saturated carbocycles. The van der Waals surface area contributed by atoms with E-state index < -0.39 is 16.1 Å². The Morgan fingerprint density at radius 1 is 1.39 bits per heavy atom. The molecule has 0 aromatic carbocycles. The molecule has 6 nitrogen and oxygen atoms in total. The molecule has 0 radical (unpaired) electrons. The summed E-state index contributed by atoms with van der Waals surface area (Å²) in [5.74, 6) is 0. The number of ether oxygens (including phenoxy) is 1. The van der Waals surface area contributed by atoms with Crippen LogP contribution in [0.3, 0.4) is 0 Å². The highest BCUT2D eigenvalue weighted by Crippen LogP contribution is 1.98. The first-order valence-electron chi connectivity index (χ1n) is 6.33. The largest absolute Gasteiger partial charge is 0.389 e. The molecule has 0 spiro atoms. The van der Waals surface area contributed by atoms with E-state index in [1.54, 1.807) is 0 Å². The predicted molar refractivity (Wildman–Crippen MR) is 72.1 cm³/mol. The molecule has 0 amide bonds. The second-order valence-electron chi connectivity index (χ2n) is 4.13. The fourth-order valence-corrected chi connectivity index (χ4v) is 2.45. The van der Waals surface area contributed by atoms with Gasteiger partial charge in [0.1, 0.15) is 0 Å². The smallest absolute Gasteiger partial charge is 0.211 e. The van der Waals surface area contributed by atoms with Gasteiger partial charge in [0.05, 0.1) is 19.0 Å². The lowest BCUT2D eigenvalue weighted by Gasteiger charge is -2.18. The topological polar surface area (TPSA) is 78.9 Å². The van der Waals surface area contributed by atoms with Crippen LogP contribution in [-0.4, -0.2) is 69.6 Å². The van der Waals surface area contributed by atoms with Crippen LogP contribution < -0.4 is 5.32 Å². The van der Waals surface area contributed by atoms with E-state index in [1.807, 2.05) is 13.8 Å². The Kier molecular flexibility index (Phi) is 9.57. The number of nitrogens with zero attached hydrogens (tertiary/aromatic N) is 1. The Morgan fingerprint density at radius 2 is 2.06 bits per heavy atom. The maximum absolute atomic E-state index is 11.3. The van der Waals surface area contributed by atoms with Crippen LogP contribution in [0, 0.1) is 0 Å². The van der Waals surface area contributed by atoms with Gasteiger partial charge in [-0.15, -0.1) is 0 Å². The molecule has 0 aliphatic rings. The Balaban J connectivity index is 3.61. The molecule has 1 atom stereocenters. The van der Waals surface area contributed by atoms with Gasteiger partial charge in [-0.3, -0.25) is 0 Å². The van der Waals surface area contributed by atoms with E-state index in [9.17, 15) is 13.5 Å². The van der Waals surface area contributed by atoms with E-state index in [1.165, 1.54) is 10.6 Å². The lowest BCUT2D eigenvalue weighted by molar-refractivity contribution is 0.0429. The Labute approximate surface area is 110 Å². The van der Waals surface area contributed by atoms with Gasteiger partial charge in [-0.2, -0.15) is 0 Å². The third-order valence-electron chi connectivity index (χ3n) is 2.48.